The molecular weight excluding hydrogens is 434 g/mol. The van der Waals surface area contributed by atoms with Gasteiger partial charge in [-0.05, 0) is 26.0 Å². The van der Waals surface area contributed by atoms with Crippen LogP contribution in [0, 0.1) is 0 Å². The van der Waals surface area contributed by atoms with Gasteiger partial charge in [0.15, 0.2) is 0 Å². The van der Waals surface area contributed by atoms with E-state index in [-0.39, 0.29) is 12.1 Å². The van der Waals surface area contributed by atoms with Gasteiger partial charge in [0.25, 0.3) is 0 Å². The second kappa shape index (κ2) is 10.1. The highest BCUT2D eigenvalue weighted by atomic mass is 16.5. The van der Waals surface area contributed by atoms with Crippen LogP contribution in [0.15, 0.2) is 36.8 Å². The number of ether oxygens (including phenoxy) is 2. The van der Waals surface area contributed by atoms with Crippen molar-refractivity contribution in [1.29, 1.82) is 0 Å². The zero-order valence-electron chi connectivity index (χ0n) is 19.2. The molecule has 0 aromatic carbocycles. The number of nitrogens with zero attached hydrogens (tertiary/aromatic N) is 7. The topological polar surface area (TPSA) is 127 Å². The molecule has 2 saturated heterocycles. The van der Waals surface area contributed by atoms with Crippen LogP contribution in [0.1, 0.15) is 12.8 Å². The molecular formula is C23H29N9O2. The van der Waals surface area contributed by atoms with E-state index in [1.807, 2.05) is 18.2 Å². The molecule has 2 fully saturated rings. The van der Waals surface area contributed by atoms with Crippen LogP contribution in [0.5, 0.6) is 5.88 Å². The van der Waals surface area contributed by atoms with Gasteiger partial charge in [0.05, 0.1) is 30.8 Å². The van der Waals surface area contributed by atoms with E-state index in [0.717, 1.165) is 50.3 Å². The number of hydrogen-bond acceptors (Lipinski definition) is 11. The fourth-order valence-corrected chi connectivity index (χ4v) is 3.97. The molecule has 2 aliphatic heterocycles. The van der Waals surface area contributed by atoms with Crippen molar-refractivity contribution in [1.82, 2.24) is 29.8 Å². The van der Waals surface area contributed by atoms with Crippen molar-refractivity contribution in [3.63, 3.8) is 0 Å². The average molecular weight is 464 g/mol. The molecule has 2 aliphatic rings. The standard InChI is InChI=1S/C23H29N9O2/c1-31-6-4-18(5-7-31)34-21-3-2-17(15-25-21)28-20-12-19(16-13-26-22(24)27-14-16)29-23(30-20)32-8-10-33-11-9-32/h2-3,12-15,18H,4-11H2,1H3,(H2,24,26,27)(H,28,29,30). The number of pyridine rings is 1. The fourth-order valence-electron chi connectivity index (χ4n) is 3.97. The maximum absolute atomic E-state index is 6.06. The normalized spacial score (nSPS) is 17.5. The third-order valence-electron chi connectivity index (χ3n) is 5.94. The average Bonchev–Trinajstić information content (AvgIpc) is 2.87. The Morgan fingerprint density at radius 3 is 2.47 bits per heavy atom. The Morgan fingerprint density at radius 2 is 1.76 bits per heavy atom. The third kappa shape index (κ3) is 5.49. The Kier molecular flexibility index (Phi) is 6.63. The first-order chi connectivity index (χ1) is 16.6. The second-order valence-electron chi connectivity index (χ2n) is 8.50. The summed E-state index contributed by atoms with van der Waals surface area (Å²) in [5, 5.41) is 3.34. The molecule has 0 bridgehead atoms. The molecule has 0 aliphatic carbocycles. The van der Waals surface area contributed by atoms with Crippen molar-refractivity contribution in [2.45, 2.75) is 18.9 Å². The van der Waals surface area contributed by atoms with Crippen molar-refractivity contribution in [3.8, 4) is 17.1 Å². The van der Waals surface area contributed by atoms with Crippen molar-refractivity contribution in [3.05, 3.63) is 36.8 Å². The van der Waals surface area contributed by atoms with E-state index in [9.17, 15) is 0 Å². The van der Waals surface area contributed by atoms with Crippen LogP contribution in [-0.2, 0) is 4.74 Å². The third-order valence-corrected chi connectivity index (χ3v) is 5.94. The van der Waals surface area contributed by atoms with E-state index < -0.39 is 0 Å². The highest BCUT2D eigenvalue weighted by molar-refractivity contribution is 5.66. The Morgan fingerprint density at radius 1 is 1.00 bits per heavy atom. The SMILES string of the molecule is CN1CCC(Oc2ccc(Nc3cc(-c4cnc(N)nc4)nc(N4CCOCC4)n3)cn2)CC1. The first kappa shape index (κ1) is 22.2. The van der Waals surface area contributed by atoms with Crippen LogP contribution < -0.4 is 20.7 Å². The minimum Gasteiger partial charge on any atom is -0.474 e. The first-order valence-corrected chi connectivity index (χ1v) is 11.5. The zero-order chi connectivity index (χ0) is 23.3. The van der Waals surface area contributed by atoms with Gasteiger partial charge >= 0.3 is 0 Å². The maximum Gasteiger partial charge on any atom is 0.228 e. The molecule has 11 heteroatoms. The van der Waals surface area contributed by atoms with Gasteiger partial charge in [-0.25, -0.2) is 19.9 Å². The molecule has 3 N–H and O–H groups in total. The Balaban J connectivity index is 1.34. The zero-order valence-corrected chi connectivity index (χ0v) is 19.2. The number of nitrogens with two attached hydrogens (primary N) is 1. The van der Waals surface area contributed by atoms with E-state index in [1.54, 1.807) is 18.6 Å². The van der Waals surface area contributed by atoms with Gasteiger partial charge in [-0.3, -0.25) is 0 Å². The highest BCUT2D eigenvalue weighted by Crippen LogP contribution is 2.26. The van der Waals surface area contributed by atoms with Crippen molar-refractivity contribution < 1.29 is 9.47 Å². The lowest BCUT2D eigenvalue weighted by molar-refractivity contribution is 0.110. The molecule has 3 aromatic heterocycles. The predicted octanol–water partition coefficient (Wildman–Crippen LogP) is 1.96. The largest absolute Gasteiger partial charge is 0.474 e. The molecule has 5 rings (SSSR count). The van der Waals surface area contributed by atoms with Crippen LogP contribution in [0.3, 0.4) is 0 Å². The monoisotopic (exact) mass is 463 g/mol. The van der Waals surface area contributed by atoms with Crippen LogP contribution in [0.25, 0.3) is 11.3 Å². The lowest BCUT2D eigenvalue weighted by Crippen LogP contribution is -2.37. The smallest absolute Gasteiger partial charge is 0.228 e. The van der Waals surface area contributed by atoms with E-state index in [0.29, 0.717) is 36.6 Å². The van der Waals surface area contributed by atoms with Gasteiger partial charge in [0.1, 0.15) is 11.9 Å². The molecule has 34 heavy (non-hydrogen) atoms. The summed E-state index contributed by atoms with van der Waals surface area (Å²) < 4.78 is 11.5. The van der Waals surface area contributed by atoms with Crippen molar-refractivity contribution >= 4 is 23.4 Å². The first-order valence-electron chi connectivity index (χ1n) is 11.5. The van der Waals surface area contributed by atoms with E-state index in [1.165, 1.54) is 0 Å². The van der Waals surface area contributed by atoms with Gasteiger partial charge in [-0.2, -0.15) is 4.98 Å². The maximum atomic E-state index is 6.06. The second-order valence-corrected chi connectivity index (χ2v) is 8.50. The number of morpholine rings is 1. The van der Waals surface area contributed by atoms with Crippen LogP contribution in [0.2, 0.25) is 0 Å². The molecule has 178 valence electrons. The Hall–Kier alpha value is -3.57. The van der Waals surface area contributed by atoms with Gasteiger partial charge in [-0.15, -0.1) is 0 Å². The summed E-state index contributed by atoms with van der Waals surface area (Å²) in [5.74, 6) is 2.12. The predicted molar refractivity (Wildman–Crippen MR) is 129 cm³/mol. The summed E-state index contributed by atoms with van der Waals surface area (Å²) in [4.78, 5) is 26.6. The van der Waals surface area contributed by atoms with Gasteiger partial charge < -0.3 is 30.3 Å². The Labute approximate surface area is 198 Å². The number of rotatable bonds is 6. The molecule has 0 unspecified atom stereocenters. The summed E-state index contributed by atoms with van der Waals surface area (Å²) in [5.41, 5.74) is 7.92. The molecule has 0 saturated carbocycles. The van der Waals surface area contributed by atoms with Gasteiger partial charge in [0, 0.05) is 56.3 Å². The minimum atomic E-state index is 0.213. The van der Waals surface area contributed by atoms with Crippen LogP contribution >= 0.6 is 0 Å². The lowest BCUT2D eigenvalue weighted by atomic mass is 10.1. The quantitative estimate of drug-likeness (QED) is 0.557. The van der Waals surface area contributed by atoms with Gasteiger partial charge in [-0.1, -0.05) is 0 Å². The summed E-state index contributed by atoms with van der Waals surface area (Å²) >= 11 is 0. The lowest BCUT2D eigenvalue weighted by Gasteiger charge is -2.28. The van der Waals surface area contributed by atoms with Crippen LogP contribution in [0.4, 0.5) is 23.4 Å². The fraction of sp³-hybridized carbons (Fsp3) is 0.435. The summed E-state index contributed by atoms with van der Waals surface area (Å²) in [6, 6.07) is 5.70. The number of nitrogens with one attached hydrogen (secondary N) is 1. The molecule has 11 nitrogen and oxygen atoms in total. The van der Waals surface area contributed by atoms with Crippen molar-refractivity contribution in [2.24, 2.45) is 0 Å². The number of nitrogen functional groups attached to an aromatic ring is 1. The molecule has 0 amide bonds. The van der Waals surface area contributed by atoms with E-state index in [2.05, 4.69) is 37.1 Å². The van der Waals surface area contributed by atoms with E-state index in [4.69, 9.17) is 25.2 Å². The van der Waals surface area contributed by atoms with E-state index >= 15 is 0 Å². The number of aromatic nitrogens is 5. The number of likely N-dealkylation sites (tertiary alicyclic amines) is 1. The molecule has 3 aromatic rings. The highest BCUT2D eigenvalue weighted by Gasteiger charge is 2.19. The van der Waals surface area contributed by atoms with Gasteiger partial charge in [0.2, 0.25) is 17.8 Å². The molecule has 5 heterocycles. The molecule has 0 atom stereocenters. The number of anilines is 4. The summed E-state index contributed by atoms with van der Waals surface area (Å²) in [7, 11) is 2.14. The Bertz CT molecular complexity index is 1080. The number of piperidine rings is 1. The summed E-state index contributed by atoms with van der Waals surface area (Å²) in [6.45, 7) is 4.83. The minimum absolute atomic E-state index is 0.213. The molecule has 0 spiro atoms. The number of hydrogen-bond donors (Lipinski definition) is 2. The van der Waals surface area contributed by atoms with Crippen LogP contribution in [-0.4, -0.2) is 82.4 Å². The summed E-state index contributed by atoms with van der Waals surface area (Å²) in [6.07, 6.45) is 7.32. The van der Waals surface area contributed by atoms with Crippen molar-refractivity contribution in [2.75, 3.05) is 62.4 Å². The molecule has 0 radical (unpaired) electrons.